The molecule has 1 N–H and O–H groups in total. The van der Waals surface area contributed by atoms with Gasteiger partial charge in [0, 0.05) is 11.8 Å². The highest BCUT2D eigenvalue weighted by Gasteiger charge is 2.34. The molecule has 0 aliphatic carbocycles. The summed E-state index contributed by atoms with van der Waals surface area (Å²) in [5, 5.41) is 4.17. The zero-order valence-electron chi connectivity index (χ0n) is 9.57. The first-order chi connectivity index (χ1) is 7.10. The minimum Gasteiger partial charge on any atom is -0.383 e. The summed E-state index contributed by atoms with van der Waals surface area (Å²) in [6, 6.07) is 0.252. The number of nitrogens with zero attached hydrogens (tertiary/aromatic N) is 1. The van der Waals surface area contributed by atoms with Crippen LogP contribution in [-0.2, 0) is 0 Å². The minimum absolute atomic E-state index is 0.252. The van der Waals surface area contributed by atoms with Crippen LogP contribution in [0, 0.1) is 0 Å². The van der Waals surface area contributed by atoms with Gasteiger partial charge in [0.1, 0.15) is 0 Å². The number of rotatable bonds is 5. The van der Waals surface area contributed by atoms with Crippen LogP contribution in [0.3, 0.4) is 0 Å². The van der Waals surface area contributed by atoms with Gasteiger partial charge >= 0.3 is 0 Å². The Kier molecular flexibility index (Phi) is 4.48. The van der Waals surface area contributed by atoms with Crippen molar-refractivity contribution in [2.75, 3.05) is 13.6 Å². The standard InChI is InChI=1S/C12H20N2S/c1-6-10(13-7-2)12-14(5)8-11(15-12)9(3)4/h6-7,10-13H,1-3,8H2,4-5H3. The molecule has 1 aliphatic rings. The average Bonchev–Trinajstić information content (AvgIpc) is 2.57. The first kappa shape index (κ1) is 12.4. The Hall–Kier alpha value is -0.670. The quantitative estimate of drug-likeness (QED) is 0.721. The van der Waals surface area contributed by atoms with Crippen molar-refractivity contribution in [1.82, 2.24) is 10.2 Å². The van der Waals surface area contributed by atoms with Gasteiger partial charge in [-0.15, -0.1) is 18.3 Å². The molecule has 0 radical (unpaired) electrons. The minimum atomic E-state index is 0.252. The van der Waals surface area contributed by atoms with E-state index < -0.39 is 0 Å². The molecule has 3 heteroatoms. The highest BCUT2D eigenvalue weighted by molar-refractivity contribution is 8.01. The molecule has 0 aromatic carbocycles. The van der Waals surface area contributed by atoms with Gasteiger partial charge < -0.3 is 5.32 Å². The molecule has 0 bridgehead atoms. The summed E-state index contributed by atoms with van der Waals surface area (Å²) in [7, 11) is 2.14. The lowest BCUT2D eigenvalue weighted by molar-refractivity contribution is 0.316. The number of hydrogen-bond donors (Lipinski definition) is 1. The summed E-state index contributed by atoms with van der Waals surface area (Å²) < 4.78 is 0. The van der Waals surface area contributed by atoms with E-state index in [-0.39, 0.29) is 6.04 Å². The van der Waals surface area contributed by atoms with Crippen LogP contribution >= 0.6 is 11.8 Å². The Morgan fingerprint density at radius 1 is 1.60 bits per heavy atom. The van der Waals surface area contributed by atoms with Gasteiger partial charge in [0.2, 0.25) is 0 Å². The lowest BCUT2D eigenvalue weighted by Gasteiger charge is -2.25. The Morgan fingerprint density at radius 3 is 2.67 bits per heavy atom. The molecule has 1 saturated heterocycles. The van der Waals surface area contributed by atoms with Gasteiger partial charge in [0.05, 0.1) is 11.4 Å². The van der Waals surface area contributed by atoms with E-state index in [1.54, 1.807) is 6.20 Å². The van der Waals surface area contributed by atoms with Gasteiger partial charge in [-0.3, -0.25) is 4.90 Å². The second kappa shape index (κ2) is 5.42. The van der Waals surface area contributed by atoms with Crippen molar-refractivity contribution in [3.05, 3.63) is 37.6 Å². The number of thioether (sulfide) groups is 1. The molecule has 1 aliphatic heterocycles. The zero-order chi connectivity index (χ0) is 11.4. The lowest BCUT2D eigenvalue weighted by Crippen LogP contribution is -2.40. The topological polar surface area (TPSA) is 15.3 Å². The third-order valence-corrected chi connectivity index (χ3v) is 4.42. The maximum atomic E-state index is 4.02. The van der Waals surface area contributed by atoms with Gasteiger partial charge in [-0.1, -0.05) is 24.8 Å². The molecular weight excluding hydrogens is 204 g/mol. The zero-order valence-corrected chi connectivity index (χ0v) is 10.4. The first-order valence-corrected chi connectivity index (χ1v) is 6.05. The van der Waals surface area contributed by atoms with Crippen LogP contribution in [0.4, 0.5) is 0 Å². The van der Waals surface area contributed by atoms with Crippen LogP contribution in [0.2, 0.25) is 0 Å². The van der Waals surface area contributed by atoms with Crippen molar-refractivity contribution in [3.63, 3.8) is 0 Å². The molecule has 3 unspecified atom stereocenters. The van der Waals surface area contributed by atoms with Crippen molar-refractivity contribution < 1.29 is 0 Å². The Labute approximate surface area is 97.1 Å². The number of nitrogens with one attached hydrogen (secondary N) is 1. The van der Waals surface area contributed by atoms with E-state index in [1.165, 1.54) is 5.57 Å². The van der Waals surface area contributed by atoms with Crippen molar-refractivity contribution in [2.45, 2.75) is 23.6 Å². The molecule has 0 saturated carbocycles. The molecule has 0 spiro atoms. The van der Waals surface area contributed by atoms with E-state index in [0.717, 1.165) is 6.54 Å². The SMILES string of the molecule is C=CNC(C=C)C1SC(C(=C)C)CN1C. The second-order valence-corrected chi connectivity index (χ2v) is 5.26. The van der Waals surface area contributed by atoms with E-state index in [9.17, 15) is 0 Å². The van der Waals surface area contributed by atoms with Crippen LogP contribution < -0.4 is 5.32 Å². The van der Waals surface area contributed by atoms with Crippen LogP contribution in [0.1, 0.15) is 6.92 Å². The number of likely N-dealkylation sites (N-methyl/N-ethyl adjacent to an activating group) is 1. The van der Waals surface area contributed by atoms with E-state index in [1.807, 2.05) is 17.8 Å². The van der Waals surface area contributed by atoms with Crippen molar-refractivity contribution in [2.24, 2.45) is 0 Å². The van der Waals surface area contributed by atoms with Crippen molar-refractivity contribution in [3.8, 4) is 0 Å². The average molecular weight is 224 g/mol. The Balaban J connectivity index is 2.66. The molecule has 1 fully saturated rings. The van der Waals surface area contributed by atoms with Gasteiger partial charge in [-0.25, -0.2) is 0 Å². The summed E-state index contributed by atoms with van der Waals surface area (Å²) in [6.45, 7) is 14.7. The summed E-state index contributed by atoms with van der Waals surface area (Å²) in [5.74, 6) is 0. The fraction of sp³-hybridized carbons (Fsp3) is 0.500. The molecular formula is C12H20N2S. The maximum Gasteiger partial charge on any atom is 0.0802 e. The molecule has 0 aromatic heterocycles. The number of hydrogen-bond acceptors (Lipinski definition) is 3. The third kappa shape index (κ3) is 2.89. The van der Waals surface area contributed by atoms with Gasteiger partial charge in [0.25, 0.3) is 0 Å². The Bertz CT molecular complexity index is 262. The molecule has 1 rings (SSSR count). The van der Waals surface area contributed by atoms with E-state index in [4.69, 9.17) is 0 Å². The predicted octanol–water partition coefficient (Wildman–Crippen LogP) is 2.22. The van der Waals surface area contributed by atoms with Crippen molar-refractivity contribution >= 4 is 11.8 Å². The molecule has 2 nitrogen and oxygen atoms in total. The molecule has 0 amide bonds. The fourth-order valence-corrected chi connectivity index (χ4v) is 3.26. The van der Waals surface area contributed by atoms with E-state index in [2.05, 4.69) is 43.9 Å². The van der Waals surface area contributed by atoms with E-state index in [0.29, 0.717) is 10.6 Å². The summed E-state index contributed by atoms with van der Waals surface area (Å²) in [5.41, 5.74) is 1.25. The Morgan fingerprint density at radius 2 is 2.27 bits per heavy atom. The summed E-state index contributed by atoms with van der Waals surface area (Å²) in [6.07, 6.45) is 3.67. The summed E-state index contributed by atoms with van der Waals surface area (Å²) in [4.78, 5) is 2.34. The van der Waals surface area contributed by atoms with Crippen LogP contribution in [-0.4, -0.2) is 35.2 Å². The van der Waals surface area contributed by atoms with Crippen LogP contribution in [0.25, 0.3) is 0 Å². The molecule has 1 heterocycles. The van der Waals surface area contributed by atoms with Crippen LogP contribution in [0.5, 0.6) is 0 Å². The molecule has 0 aromatic rings. The molecule has 3 atom stereocenters. The maximum absolute atomic E-state index is 4.02. The predicted molar refractivity (Wildman–Crippen MR) is 69.9 cm³/mol. The van der Waals surface area contributed by atoms with Gasteiger partial charge in [-0.2, -0.15) is 0 Å². The van der Waals surface area contributed by atoms with Gasteiger partial charge in [-0.05, 0) is 20.2 Å². The summed E-state index contributed by atoms with van der Waals surface area (Å²) >= 11 is 1.94. The highest BCUT2D eigenvalue weighted by atomic mass is 32.2. The normalized spacial score (nSPS) is 28.4. The lowest BCUT2D eigenvalue weighted by atomic mass is 10.2. The second-order valence-electron chi connectivity index (χ2n) is 3.93. The third-order valence-electron chi connectivity index (χ3n) is 2.61. The highest BCUT2D eigenvalue weighted by Crippen LogP contribution is 2.34. The van der Waals surface area contributed by atoms with Crippen LogP contribution in [0.15, 0.2) is 37.6 Å². The molecule has 84 valence electrons. The first-order valence-electron chi connectivity index (χ1n) is 5.10. The molecule has 15 heavy (non-hydrogen) atoms. The monoisotopic (exact) mass is 224 g/mol. The van der Waals surface area contributed by atoms with Crippen molar-refractivity contribution in [1.29, 1.82) is 0 Å². The fourth-order valence-electron chi connectivity index (χ4n) is 1.71. The van der Waals surface area contributed by atoms with Gasteiger partial charge in [0.15, 0.2) is 0 Å². The largest absolute Gasteiger partial charge is 0.383 e. The smallest absolute Gasteiger partial charge is 0.0802 e. The van der Waals surface area contributed by atoms with E-state index >= 15 is 0 Å².